The predicted molar refractivity (Wildman–Crippen MR) is 74.4 cm³/mol. The molecule has 0 amide bonds. The average molecular weight is 257 g/mol. The molecule has 0 spiro atoms. The fourth-order valence-electron chi connectivity index (χ4n) is 3.13. The van der Waals surface area contributed by atoms with Crippen LogP contribution in [0.15, 0.2) is 28.9 Å². The molecule has 0 unspecified atom stereocenters. The summed E-state index contributed by atoms with van der Waals surface area (Å²) >= 11 is 0. The van der Waals surface area contributed by atoms with E-state index in [4.69, 9.17) is 10.3 Å². The van der Waals surface area contributed by atoms with Crippen molar-refractivity contribution in [3.63, 3.8) is 0 Å². The lowest BCUT2D eigenvalue weighted by atomic mass is 10.0. The molecule has 2 aromatic heterocycles. The van der Waals surface area contributed by atoms with Crippen molar-refractivity contribution in [1.29, 1.82) is 0 Å². The van der Waals surface area contributed by atoms with Crippen molar-refractivity contribution in [2.45, 2.75) is 33.6 Å². The van der Waals surface area contributed by atoms with E-state index in [-0.39, 0.29) is 10.8 Å². The van der Waals surface area contributed by atoms with Crippen molar-refractivity contribution in [2.24, 2.45) is 10.8 Å². The third-order valence-corrected chi connectivity index (χ3v) is 4.95. The molecule has 2 heterocycles. The highest BCUT2D eigenvalue weighted by Crippen LogP contribution is 2.74. The monoisotopic (exact) mass is 257 g/mol. The molecular formula is C15H19N3O. The van der Waals surface area contributed by atoms with Gasteiger partial charge < -0.3 is 10.3 Å². The first-order valence-corrected chi connectivity index (χ1v) is 6.54. The third kappa shape index (κ3) is 1.52. The highest BCUT2D eigenvalue weighted by atomic mass is 16.5. The molecule has 0 saturated heterocycles. The van der Waals surface area contributed by atoms with Crippen LogP contribution in [0.1, 0.15) is 39.4 Å². The Morgan fingerprint density at radius 3 is 2.37 bits per heavy atom. The first-order chi connectivity index (χ1) is 8.87. The van der Waals surface area contributed by atoms with Crippen molar-refractivity contribution in [3.05, 3.63) is 30.2 Å². The van der Waals surface area contributed by atoms with Crippen molar-refractivity contribution in [2.75, 3.05) is 5.73 Å². The first-order valence-electron chi connectivity index (χ1n) is 6.54. The van der Waals surface area contributed by atoms with Crippen LogP contribution in [0.2, 0.25) is 0 Å². The van der Waals surface area contributed by atoms with E-state index in [2.05, 4.69) is 37.8 Å². The van der Waals surface area contributed by atoms with Crippen LogP contribution in [-0.4, -0.2) is 10.1 Å². The zero-order chi connectivity index (χ0) is 13.8. The fourth-order valence-corrected chi connectivity index (χ4v) is 3.13. The number of anilines is 1. The summed E-state index contributed by atoms with van der Waals surface area (Å²) in [6.45, 7) is 8.99. The summed E-state index contributed by atoms with van der Waals surface area (Å²) in [5.74, 6) is 1.61. The van der Waals surface area contributed by atoms with E-state index in [9.17, 15) is 0 Å². The molecule has 1 fully saturated rings. The molecule has 1 aliphatic rings. The van der Waals surface area contributed by atoms with Gasteiger partial charge in [-0.3, -0.25) is 4.98 Å². The summed E-state index contributed by atoms with van der Waals surface area (Å²) in [5.41, 5.74) is 8.02. The van der Waals surface area contributed by atoms with E-state index >= 15 is 0 Å². The zero-order valence-corrected chi connectivity index (χ0v) is 11.8. The SMILES string of the molecule is CC1(C)C(c2onc(N)c2-c2ccccn2)C1(C)C. The number of nitrogens with zero attached hydrogens (tertiary/aromatic N) is 2. The first kappa shape index (κ1) is 12.2. The van der Waals surface area contributed by atoms with Crippen molar-refractivity contribution in [1.82, 2.24) is 10.1 Å². The van der Waals surface area contributed by atoms with E-state index in [1.807, 2.05) is 18.2 Å². The second-order valence-corrected chi connectivity index (χ2v) is 6.40. The molecule has 4 heteroatoms. The summed E-state index contributed by atoms with van der Waals surface area (Å²) in [5, 5.41) is 3.95. The topological polar surface area (TPSA) is 64.9 Å². The minimum atomic E-state index is 0.183. The standard InChI is InChI=1S/C15H19N3O/c1-14(2)12(15(14,3)4)11-10(13(16)18-19-11)9-7-5-6-8-17-9/h5-8,12H,1-4H3,(H2,16,18). The molecule has 2 N–H and O–H groups in total. The van der Waals surface area contributed by atoms with Crippen molar-refractivity contribution in [3.8, 4) is 11.3 Å². The van der Waals surface area contributed by atoms with E-state index in [0.29, 0.717) is 11.7 Å². The predicted octanol–water partition coefficient (Wildman–Crippen LogP) is 3.47. The van der Waals surface area contributed by atoms with Crippen LogP contribution in [0.4, 0.5) is 5.82 Å². The lowest BCUT2D eigenvalue weighted by molar-refractivity contribution is 0.374. The fraction of sp³-hybridized carbons (Fsp3) is 0.467. The quantitative estimate of drug-likeness (QED) is 0.894. The van der Waals surface area contributed by atoms with Crippen molar-refractivity contribution >= 4 is 5.82 Å². The molecule has 1 aliphatic carbocycles. The van der Waals surface area contributed by atoms with Gasteiger partial charge in [0.2, 0.25) is 0 Å². The van der Waals surface area contributed by atoms with Gasteiger partial charge in [-0.2, -0.15) is 0 Å². The Balaban J connectivity index is 2.12. The number of hydrogen-bond donors (Lipinski definition) is 1. The molecule has 1 saturated carbocycles. The molecule has 0 aliphatic heterocycles. The Morgan fingerprint density at radius 2 is 1.84 bits per heavy atom. The van der Waals surface area contributed by atoms with Crippen LogP contribution in [0.25, 0.3) is 11.3 Å². The van der Waals surface area contributed by atoms with Crippen LogP contribution < -0.4 is 5.73 Å². The molecule has 0 atom stereocenters. The van der Waals surface area contributed by atoms with E-state index in [1.54, 1.807) is 6.20 Å². The maximum absolute atomic E-state index is 5.97. The van der Waals surface area contributed by atoms with Gasteiger partial charge in [0.15, 0.2) is 11.6 Å². The molecule has 100 valence electrons. The van der Waals surface area contributed by atoms with Crippen LogP contribution >= 0.6 is 0 Å². The molecule has 3 rings (SSSR count). The molecule has 0 bridgehead atoms. The van der Waals surface area contributed by atoms with E-state index < -0.39 is 0 Å². The number of nitrogen functional groups attached to an aromatic ring is 1. The number of hydrogen-bond acceptors (Lipinski definition) is 4. The Morgan fingerprint density at radius 1 is 1.16 bits per heavy atom. The van der Waals surface area contributed by atoms with E-state index in [1.165, 1.54) is 0 Å². The summed E-state index contributed by atoms with van der Waals surface area (Å²) in [6.07, 6.45) is 1.76. The largest absolute Gasteiger partial charge is 0.380 e. The lowest BCUT2D eigenvalue weighted by Crippen LogP contribution is -1.95. The third-order valence-electron chi connectivity index (χ3n) is 4.95. The zero-order valence-electron chi connectivity index (χ0n) is 11.8. The van der Waals surface area contributed by atoms with Gasteiger partial charge >= 0.3 is 0 Å². The average Bonchev–Trinajstić information content (AvgIpc) is 2.64. The van der Waals surface area contributed by atoms with Gasteiger partial charge in [-0.15, -0.1) is 0 Å². The highest BCUT2D eigenvalue weighted by molar-refractivity contribution is 5.74. The smallest absolute Gasteiger partial charge is 0.176 e. The van der Waals surface area contributed by atoms with Crippen LogP contribution in [0.5, 0.6) is 0 Å². The summed E-state index contributed by atoms with van der Waals surface area (Å²) in [7, 11) is 0. The second kappa shape index (κ2) is 3.59. The minimum absolute atomic E-state index is 0.183. The van der Waals surface area contributed by atoms with Crippen LogP contribution in [-0.2, 0) is 0 Å². The Hall–Kier alpha value is -1.84. The van der Waals surface area contributed by atoms with Gasteiger partial charge in [-0.25, -0.2) is 0 Å². The molecule has 0 radical (unpaired) electrons. The summed E-state index contributed by atoms with van der Waals surface area (Å²) in [4.78, 5) is 4.37. The maximum Gasteiger partial charge on any atom is 0.176 e. The maximum atomic E-state index is 5.97. The number of rotatable bonds is 2. The Bertz CT molecular complexity index is 600. The van der Waals surface area contributed by atoms with Gasteiger partial charge in [-0.05, 0) is 23.0 Å². The molecule has 2 aromatic rings. The van der Waals surface area contributed by atoms with Crippen LogP contribution in [0.3, 0.4) is 0 Å². The molecule has 19 heavy (non-hydrogen) atoms. The molecule has 4 nitrogen and oxygen atoms in total. The number of nitrogens with two attached hydrogens (primary N) is 1. The molecule has 0 aromatic carbocycles. The minimum Gasteiger partial charge on any atom is -0.380 e. The van der Waals surface area contributed by atoms with Gasteiger partial charge in [-0.1, -0.05) is 38.9 Å². The second-order valence-electron chi connectivity index (χ2n) is 6.40. The van der Waals surface area contributed by atoms with Gasteiger partial charge in [0.25, 0.3) is 0 Å². The molecular weight excluding hydrogens is 238 g/mol. The van der Waals surface area contributed by atoms with Crippen LogP contribution in [0, 0.1) is 10.8 Å². The van der Waals surface area contributed by atoms with E-state index in [0.717, 1.165) is 17.0 Å². The summed E-state index contributed by atoms with van der Waals surface area (Å²) in [6, 6.07) is 5.77. The number of pyridine rings is 1. The number of aromatic nitrogens is 2. The summed E-state index contributed by atoms with van der Waals surface area (Å²) < 4.78 is 5.53. The normalized spacial score (nSPS) is 20.4. The van der Waals surface area contributed by atoms with Crippen molar-refractivity contribution < 1.29 is 4.52 Å². The lowest BCUT2D eigenvalue weighted by Gasteiger charge is -2.03. The van der Waals surface area contributed by atoms with Gasteiger partial charge in [0.1, 0.15) is 0 Å². The Labute approximate surface area is 113 Å². The van der Waals surface area contributed by atoms with Gasteiger partial charge in [0, 0.05) is 12.1 Å². The highest BCUT2D eigenvalue weighted by Gasteiger charge is 2.67. The Kier molecular flexibility index (Phi) is 2.31. The van der Waals surface area contributed by atoms with Gasteiger partial charge in [0.05, 0.1) is 11.3 Å².